The Hall–Kier alpha value is -1.40. The van der Waals surface area contributed by atoms with Gasteiger partial charge in [-0.2, -0.15) is 0 Å². The number of nitrogens with one attached hydrogen (secondary N) is 1. The Balaban J connectivity index is 1.57. The summed E-state index contributed by atoms with van der Waals surface area (Å²) < 4.78 is 10.6. The van der Waals surface area contributed by atoms with E-state index >= 15 is 0 Å². The molecule has 1 saturated heterocycles. The van der Waals surface area contributed by atoms with Crippen molar-refractivity contribution in [3.8, 4) is 0 Å². The third-order valence-electron chi connectivity index (χ3n) is 3.06. The minimum absolute atomic E-state index is 0.0356. The number of amides is 1. The molecular weight excluding hydrogens is 278 g/mol. The van der Waals surface area contributed by atoms with Gasteiger partial charge in [-0.3, -0.25) is 9.59 Å². The lowest BCUT2D eigenvalue weighted by molar-refractivity contribution is -0.148. The molecular formula is C14H19NO4S. The molecule has 1 aliphatic rings. The minimum Gasteiger partial charge on any atom is -0.463 e. The van der Waals surface area contributed by atoms with Crippen molar-refractivity contribution < 1.29 is 19.1 Å². The minimum atomic E-state index is -0.300. The van der Waals surface area contributed by atoms with Crippen LogP contribution in [0.3, 0.4) is 0 Å². The Labute approximate surface area is 122 Å². The van der Waals surface area contributed by atoms with E-state index < -0.39 is 0 Å². The SMILES string of the molecule is O=C(CCNC(=O)c1cccs1)OCC1CCCCO1. The predicted molar refractivity (Wildman–Crippen MR) is 75.8 cm³/mol. The van der Waals surface area contributed by atoms with Gasteiger partial charge >= 0.3 is 5.97 Å². The maximum Gasteiger partial charge on any atom is 0.307 e. The largest absolute Gasteiger partial charge is 0.463 e. The Morgan fingerprint density at radius 1 is 1.45 bits per heavy atom. The number of hydrogen-bond donors (Lipinski definition) is 1. The monoisotopic (exact) mass is 297 g/mol. The van der Waals surface area contributed by atoms with Gasteiger partial charge in [0.1, 0.15) is 6.61 Å². The average Bonchev–Trinajstić information content (AvgIpc) is 3.00. The molecule has 1 unspecified atom stereocenters. The van der Waals surface area contributed by atoms with Crippen molar-refractivity contribution >= 4 is 23.2 Å². The fraction of sp³-hybridized carbons (Fsp3) is 0.571. The smallest absolute Gasteiger partial charge is 0.307 e. The zero-order chi connectivity index (χ0) is 14.2. The van der Waals surface area contributed by atoms with Crippen LogP contribution in [0, 0.1) is 0 Å². The summed E-state index contributed by atoms with van der Waals surface area (Å²) >= 11 is 1.37. The second kappa shape index (κ2) is 8.01. The van der Waals surface area contributed by atoms with Crippen molar-refractivity contribution in [2.75, 3.05) is 19.8 Å². The van der Waals surface area contributed by atoms with E-state index in [1.54, 1.807) is 6.07 Å². The van der Waals surface area contributed by atoms with Gasteiger partial charge in [0.05, 0.1) is 17.4 Å². The zero-order valence-corrected chi connectivity index (χ0v) is 12.1. The van der Waals surface area contributed by atoms with Crippen LogP contribution in [0.15, 0.2) is 17.5 Å². The van der Waals surface area contributed by atoms with Crippen LogP contribution in [-0.2, 0) is 14.3 Å². The summed E-state index contributed by atoms with van der Waals surface area (Å²) in [5.74, 6) is -0.450. The van der Waals surface area contributed by atoms with Gasteiger partial charge in [-0.05, 0) is 30.7 Å². The fourth-order valence-electron chi connectivity index (χ4n) is 1.97. The van der Waals surface area contributed by atoms with E-state index in [9.17, 15) is 9.59 Å². The highest BCUT2D eigenvalue weighted by Gasteiger charge is 2.16. The molecule has 110 valence electrons. The maximum absolute atomic E-state index is 11.6. The molecule has 0 bridgehead atoms. The highest BCUT2D eigenvalue weighted by Crippen LogP contribution is 2.13. The molecule has 1 atom stereocenters. The Bertz CT molecular complexity index is 426. The van der Waals surface area contributed by atoms with Crippen LogP contribution in [0.25, 0.3) is 0 Å². The molecule has 5 nitrogen and oxygen atoms in total. The van der Waals surface area contributed by atoms with Crippen molar-refractivity contribution in [1.82, 2.24) is 5.32 Å². The summed E-state index contributed by atoms with van der Waals surface area (Å²) in [6, 6.07) is 3.57. The van der Waals surface area contributed by atoms with E-state index in [0.717, 1.165) is 25.9 Å². The average molecular weight is 297 g/mol. The third kappa shape index (κ3) is 4.94. The maximum atomic E-state index is 11.6. The van der Waals surface area contributed by atoms with E-state index in [1.165, 1.54) is 11.3 Å². The molecule has 1 aromatic heterocycles. The summed E-state index contributed by atoms with van der Waals surface area (Å²) in [6.45, 7) is 1.36. The van der Waals surface area contributed by atoms with E-state index in [-0.39, 0.29) is 24.4 Å². The van der Waals surface area contributed by atoms with Crippen LogP contribution < -0.4 is 5.32 Å². The number of esters is 1. The molecule has 2 rings (SSSR count). The first kappa shape index (κ1) is 15.0. The van der Waals surface area contributed by atoms with Gasteiger partial charge in [-0.15, -0.1) is 11.3 Å². The number of carbonyl (C=O) groups is 2. The second-order valence-corrected chi connectivity index (χ2v) is 5.60. The molecule has 20 heavy (non-hydrogen) atoms. The fourth-order valence-corrected chi connectivity index (χ4v) is 2.61. The molecule has 1 aliphatic heterocycles. The summed E-state index contributed by atoms with van der Waals surface area (Å²) in [4.78, 5) is 23.8. The summed E-state index contributed by atoms with van der Waals surface area (Å²) in [7, 11) is 0. The quantitative estimate of drug-likeness (QED) is 0.815. The van der Waals surface area contributed by atoms with Gasteiger partial charge < -0.3 is 14.8 Å². The summed E-state index contributed by atoms with van der Waals surface area (Å²) in [6.07, 6.45) is 3.37. The normalized spacial score (nSPS) is 18.5. The topological polar surface area (TPSA) is 64.6 Å². The first-order valence-corrected chi connectivity index (χ1v) is 7.72. The summed E-state index contributed by atoms with van der Waals surface area (Å²) in [5.41, 5.74) is 0. The number of thiophene rings is 1. The number of hydrogen-bond acceptors (Lipinski definition) is 5. The molecule has 2 heterocycles. The first-order valence-electron chi connectivity index (χ1n) is 6.84. The van der Waals surface area contributed by atoms with Crippen molar-refractivity contribution in [2.24, 2.45) is 0 Å². The number of ether oxygens (including phenoxy) is 2. The molecule has 1 amide bonds. The lowest BCUT2D eigenvalue weighted by Crippen LogP contribution is -2.28. The summed E-state index contributed by atoms with van der Waals surface area (Å²) in [5, 5.41) is 4.53. The highest BCUT2D eigenvalue weighted by molar-refractivity contribution is 7.12. The van der Waals surface area contributed by atoms with Crippen LogP contribution in [0.1, 0.15) is 35.4 Å². The Morgan fingerprint density at radius 3 is 3.05 bits per heavy atom. The zero-order valence-electron chi connectivity index (χ0n) is 11.3. The van der Waals surface area contributed by atoms with Crippen LogP contribution in [0.4, 0.5) is 0 Å². The van der Waals surface area contributed by atoms with Gasteiger partial charge in [-0.1, -0.05) is 6.07 Å². The molecule has 0 spiro atoms. The molecule has 6 heteroatoms. The van der Waals surface area contributed by atoms with Crippen molar-refractivity contribution in [3.05, 3.63) is 22.4 Å². The van der Waals surface area contributed by atoms with Gasteiger partial charge in [0.2, 0.25) is 0 Å². The lowest BCUT2D eigenvalue weighted by Gasteiger charge is -2.22. The molecule has 0 radical (unpaired) electrons. The predicted octanol–water partition coefficient (Wildman–Crippen LogP) is 1.98. The molecule has 0 aromatic carbocycles. The molecule has 1 aromatic rings. The van der Waals surface area contributed by atoms with Gasteiger partial charge in [-0.25, -0.2) is 0 Å². The van der Waals surface area contributed by atoms with Crippen molar-refractivity contribution in [1.29, 1.82) is 0 Å². The molecule has 1 fully saturated rings. The van der Waals surface area contributed by atoms with E-state index in [1.807, 2.05) is 11.4 Å². The Kier molecular flexibility index (Phi) is 6.01. The number of rotatable bonds is 6. The van der Waals surface area contributed by atoms with E-state index in [4.69, 9.17) is 9.47 Å². The van der Waals surface area contributed by atoms with Gasteiger partial charge in [0, 0.05) is 13.2 Å². The van der Waals surface area contributed by atoms with Crippen LogP contribution in [-0.4, -0.2) is 37.7 Å². The van der Waals surface area contributed by atoms with Crippen LogP contribution >= 0.6 is 11.3 Å². The van der Waals surface area contributed by atoms with E-state index in [0.29, 0.717) is 18.0 Å². The first-order chi connectivity index (χ1) is 9.75. The standard InChI is InChI=1S/C14H19NO4S/c16-13(19-10-11-4-1-2-8-18-11)6-7-15-14(17)12-5-3-9-20-12/h3,5,9,11H,1-2,4,6-8,10H2,(H,15,17). The Morgan fingerprint density at radius 2 is 2.35 bits per heavy atom. The molecule has 0 saturated carbocycles. The van der Waals surface area contributed by atoms with Crippen LogP contribution in [0.5, 0.6) is 0 Å². The van der Waals surface area contributed by atoms with E-state index in [2.05, 4.69) is 5.32 Å². The number of carbonyl (C=O) groups excluding carboxylic acids is 2. The van der Waals surface area contributed by atoms with Crippen LogP contribution in [0.2, 0.25) is 0 Å². The van der Waals surface area contributed by atoms with Crippen molar-refractivity contribution in [3.63, 3.8) is 0 Å². The molecule has 1 N–H and O–H groups in total. The lowest BCUT2D eigenvalue weighted by atomic mass is 10.1. The third-order valence-corrected chi connectivity index (χ3v) is 3.93. The van der Waals surface area contributed by atoms with Crippen molar-refractivity contribution in [2.45, 2.75) is 31.8 Å². The highest BCUT2D eigenvalue weighted by atomic mass is 32.1. The van der Waals surface area contributed by atoms with Gasteiger partial charge in [0.15, 0.2) is 0 Å². The second-order valence-electron chi connectivity index (χ2n) is 4.65. The molecule has 0 aliphatic carbocycles. The van der Waals surface area contributed by atoms with Gasteiger partial charge in [0.25, 0.3) is 5.91 Å².